The lowest BCUT2D eigenvalue weighted by molar-refractivity contribution is -0.122. The van der Waals surface area contributed by atoms with Crippen LogP contribution in [0.3, 0.4) is 0 Å². The second kappa shape index (κ2) is 8.38. The Balaban J connectivity index is 1.52. The second-order valence-electron chi connectivity index (χ2n) is 10.1. The first-order valence-electron chi connectivity index (χ1n) is 11.8. The van der Waals surface area contributed by atoms with Crippen LogP contribution in [-0.2, 0) is 10.2 Å². The van der Waals surface area contributed by atoms with Crippen molar-refractivity contribution >= 4 is 38.9 Å². The molecule has 3 aromatic rings. The smallest absolute Gasteiger partial charge is 0.237 e. The molecule has 0 unspecified atom stereocenters. The van der Waals surface area contributed by atoms with Gasteiger partial charge in [-0.05, 0) is 65.0 Å². The zero-order chi connectivity index (χ0) is 24.1. The molecular weight excluding hydrogens is 486 g/mol. The molecular formula is C29H30BrN3O. The maximum Gasteiger partial charge on any atom is 0.237 e. The SMILES string of the molecule is CN1C(=O)[C@](C)(CC[C@H]2N(c3ccccc3)N=C(c3ccccc3)C2(C)C)c2cccc(Br)c21. The van der Waals surface area contributed by atoms with Gasteiger partial charge in [0, 0.05) is 16.9 Å². The minimum atomic E-state index is -0.568. The van der Waals surface area contributed by atoms with Crippen molar-refractivity contribution in [3.8, 4) is 0 Å². The van der Waals surface area contributed by atoms with Gasteiger partial charge in [-0.3, -0.25) is 9.80 Å². The molecule has 0 bridgehead atoms. The van der Waals surface area contributed by atoms with Gasteiger partial charge in [-0.1, -0.05) is 74.5 Å². The quantitative estimate of drug-likeness (QED) is 0.375. The van der Waals surface area contributed by atoms with Gasteiger partial charge in [0.1, 0.15) is 0 Å². The van der Waals surface area contributed by atoms with E-state index in [1.807, 2.05) is 31.3 Å². The molecule has 174 valence electrons. The van der Waals surface area contributed by atoms with E-state index in [4.69, 9.17) is 5.10 Å². The molecule has 2 aliphatic rings. The number of benzene rings is 3. The molecule has 0 radical (unpaired) electrons. The Morgan fingerprint density at radius 1 is 0.912 bits per heavy atom. The summed E-state index contributed by atoms with van der Waals surface area (Å²) in [6.45, 7) is 6.65. The van der Waals surface area contributed by atoms with Gasteiger partial charge < -0.3 is 4.90 Å². The monoisotopic (exact) mass is 515 g/mol. The van der Waals surface area contributed by atoms with Crippen LogP contribution in [0.2, 0.25) is 0 Å². The van der Waals surface area contributed by atoms with E-state index in [2.05, 4.69) is 96.3 Å². The summed E-state index contributed by atoms with van der Waals surface area (Å²) in [6.07, 6.45) is 1.58. The van der Waals surface area contributed by atoms with Gasteiger partial charge in [-0.15, -0.1) is 0 Å². The third kappa shape index (κ3) is 3.49. The van der Waals surface area contributed by atoms with E-state index in [-0.39, 0.29) is 17.4 Å². The summed E-state index contributed by atoms with van der Waals surface area (Å²) in [6, 6.07) is 27.1. The lowest BCUT2D eigenvalue weighted by Crippen LogP contribution is -2.43. The van der Waals surface area contributed by atoms with Crippen molar-refractivity contribution in [2.75, 3.05) is 17.0 Å². The van der Waals surface area contributed by atoms with E-state index in [9.17, 15) is 4.79 Å². The highest BCUT2D eigenvalue weighted by Gasteiger charge is 2.50. The number of hydrogen-bond acceptors (Lipinski definition) is 3. The van der Waals surface area contributed by atoms with Crippen LogP contribution in [0.25, 0.3) is 0 Å². The Hall–Kier alpha value is -2.92. The summed E-state index contributed by atoms with van der Waals surface area (Å²) in [5.41, 5.74) is 4.64. The van der Waals surface area contributed by atoms with Crippen LogP contribution >= 0.6 is 15.9 Å². The molecule has 2 heterocycles. The van der Waals surface area contributed by atoms with Crippen molar-refractivity contribution in [2.45, 2.75) is 45.1 Å². The molecule has 0 N–H and O–H groups in total. The minimum absolute atomic E-state index is 0.122. The van der Waals surface area contributed by atoms with Crippen molar-refractivity contribution in [3.63, 3.8) is 0 Å². The number of para-hydroxylation sites is 2. The molecule has 1 amide bonds. The molecule has 4 nitrogen and oxygen atoms in total. The third-order valence-corrected chi connectivity index (χ3v) is 8.27. The van der Waals surface area contributed by atoms with Crippen molar-refractivity contribution in [1.82, 2.24) is 0 Å². The van der Waals surface area contributed by atoms with Gasteiger partial charge >= 0.3 is 0 Å². The third-order valence-electron chi connectivity index (χ3n) is 7.63. The zero-order valence-electron chi connectivity index (χ0n) is 20.1. The number of likely N-dealkylation sites (N-methyl/N-ethyl adjacent to an activating group) is 1. The molecule has 2 atom stereocenters. The number of carbonyl (C=O) groups is 1. The van der Waals surface area contributed by atoms with Gasteiger partial charge in [-0.25, -0.2) is 0 Å². The van der Waals surface area contributed by atoms with Gasteiger partial charge in [0.25, 0.3) is 0 Å². The average Bonchev–Trinajstić information content (AvgIpc) is 3.22. The molecule has 5 heteroatoms. The number of hydrazone groups is 1. The van der Waals surface area contributed by atoms with E-state index in [1.54, 1.807) is 4.90 Å². The Kier molecular flexibility index (Phi) is 5.64. The van der Waals surface area contributed by atoms with Gasteiger partial charge in [0.05, 0.1) is 28.5 Å². The molecule has 5 rings (SSSR count). The Morgan fingerprint density at radius 2 is 1.56 bits per heavy atom. The van der Waals surface area contributed by atoms with Crippen molar-refractivity contribution in [2.24, 2.45) is 10.5 Å². The van der Waals surface area contributed by atoms with E-state index in [0.717, 1.165) is 45.5 Å². The number of hydrogen-bond donors (Lipinski definition) is 0. The summed E-state index contributed by atoms with van der Waals surface area (Å²) in [5.74, 6) is 0.153. The molecule has 0 fully saturated rings. The van der Waals surface area contributed by atoms with Crippen LogP contribution in [0.15, 0.2) is 88.4 Å². The molecule has 34 heavy (non-hydrogen) atoms. The first-order chi connectivity index (χ1) is 16.2. The lowest BCUT2D eigenvalue weighted by atomic mass is 9.72. The van der Waals surface area contributed by atoms with Crippen LogP contribution in [0.5, 0.6) is 0 Å². The number of rotatable bonds is 5. The van der Waals surface area contributed by atoms with Crippen LogP contribution in [0, 0.1) is 5.41 Å². The van der Waals surface area contributed by atoms with E-state index in [1.165, 1.54) is 0 Å². The summed E-state index contributed by atoms with van der Waals surface area (Å²) >= 11 is 3.66. The fraction of sp³-hybridized carbons (Fsp3) is 0.310. The standard InChI is InChI=1S/C29H30BrN3O/c1-28(2)24(18-19-29(3)22-16-11-17-23(30)25(22)32(4)27(29)34)33(21-14-9-6-10-15-21)31-26(28)20-12-7-5-8-13-20/h5-17,24H,18-19H2,1-4H3/t24-,29-/m1/s1. The van der Waals surface area contributed by atoms with Crippen LogP contribution in [0.4, 0.5) is 11.4 Å². The number of fused-ring (bicyclic) bond motifs is 1. The van der Waals surface area contributed by atoms with Crippen LogP contribution in [0.1, 0.15) is 44.7 Å². The van der Waals surface area contributed by atoms with Crippen molar-refractivity contribution in [1.29, 1.82) is 0 Å². The fourth-order valence-electron chi connectivity index (χ4n) is 5.65. The molecule has 0 aliphatic carbocycles. The number of amides is 1. The van der Waals surface area contributed by atoms with Gasteiger partial charge in [0.15, 0.2) is 0 Å². The fourth-order valence-corrected chi connectivity index (χ4v) is 6.28. The zero-order valence-corrected chi connectivity index (χ0v) is 21.7. The first-order valence-corrected chi connectivity index (χ1v) is 12.6. The lowest BCUT2D eigenvalue weighted by Gasteiger charge is -2.35. The first kappa shape index (κ1) is 22.9. The predicted octanol–water partition coefficient (Wildman–Crippen LogP) is 6.78. The van der Waals surface area contributed by atoms with E-state index in [0.29, 0.717) is 0 Å². The molecule has 0 spiro atoms. The second-order valence-corrected chi connectivity index (χ2v) is 11.0. The predicted molar refractivity (Wildman–Crippen MR) is 144 cm³/mol. The molecule has 0 saturated carbocycles. The highest BCUT2D eigenvalue weighted by molar-refractivity contribution is 9.10. The highest BCUT2D eigenvalue weighted by atomic mass is 79.9. The Labute approximate surface area is 210 Å². The Bertz CT molecular complexity index is 1250. The average molecular weight is 516 g/mol. The van der Waals surface area contributed by atoms with Crippen LogP contribution < -0.4 is 9.91 Å². The van der Waals surface area contributed by atoms with Gasteiger partial charge in [0.2, 0.25) is 5.91 Å². The maximum atomic E-state index is 13.5. The summed E-state index contributed by atoms with van der Waals surface area (Å²) < 4.78 is 0.964. The number of nitrogens with zero attached hydrogens (tertiary/aromatic N) is 3. The molecule has 3 aromatic carbocycles. The van der Waals surface area contributed by atoms with Gasteiger partial charge in [-0.2, -0.15) is 5.10 Å². The largest absolute Gasteiger partial charge is 0.313 e. The number of halogens is 1. The number of carbonyl (C=O) groups excluding carboxylic acids is 1. The topological polar surface area (TPSA) is 35.9 Å². The normalized spacial score (nSPS) is 23.3. The summed E-state index contributed by atoms with van der Waals surface area (Å²) in [4.78, 5) is 15.3. The van der Waals surface area contributed by atoms with Crippen molar-refractivity contribution < 1.29 is 4.79 Å². The molecule has 2 aliphatic heterocycles. The minimum Gasteiger partial charge on any atom is -0.313 e. The number of anilines is 2. The van der Waals surface area contributed by atoms with Crippen LogP contribution in [-0.4, -0.2) is 24.7 Å². The van der Waals surface area contributed by atoms with E-state index < -0.39 is 5.41 Å². The summed E-state index contributed by atoms with van der Waals surface area (Å²) in [7, 11) is 1.88. The van der Waals surface area contributed by atoms with E-state index >= 15 is 0 Å². The molecule has 0 saturated heterocycles. The Morgan fingerprint density at radius 3 is 2.24 bits per heavy atom. The van der Waals surface area contributed by atoms with Crippen molar-refractivity contribution in [3.05, 3.63) is 94.5 Å². The highest BCUT2D eigenvalue weighted by Crippen LogP contribution is 2.49. The summed E-state index contributed by atoms with van der Waals surface area (Å²) in [5, 5.41) is 7.35. The maximum absolute atomic E-state index is 13.5. The molecule has 0 aromatic heterocycles.